The molecule has 0 aliphatic carbocycles. The quantitative estimate of drug-likeness (QED) is 0.619. The SMILES string of the molecule is Cc1cc(-c2nn(-c3ccc(C(F)(F)F)cc3)c3c2COC(C)C3)cc(C)n1. The van der Waals surface area contributed by atoms with Crippen LogP contribution in [-0.2, 0) is 23.9 Å². The summed E-state index contributed by atoms with van der Waals surface area (Å²) in [7, 11) is 0. The number of aromatic nitrogens is 3. The van der Waals surface area contributed by atoms with E-state index in [1.54, 1.807) is 4.68 Å². The van der Waals surface area contributed by atoms with E-state index in [0.29, 0.717) is 18.7 Å². The third-order valence-electron chi connectivity index (χ3n) is 4.88. The van der Waals surface area contributed by atoms with Crippen molar-refractivity contribution >= 4 is 0 Å². The predicted octanol–water partition coefficient (Wildman–Crippen LogP) is 5.03. The van der Waals surface area contributed by atoms with Gasteiger partial charge >= 0.3 is 6.18 Å². The molecule has 1 aromatic carbocycles. The minimum absolute atomic E-state index is 0.0196. The Bertz CT molecular complexity index is 1000. The van der Waals surface area contributed by atoms with Crippen LogP contribution in [0.15, 0.2) is 36.4 Å². The summed E-state index contributed by atoms with van der Waals surface area (Å²) < 4.78 is 46.3. The molecule has 146 valence electrons. The molecule has 7 heteroatoms. The summed E-state index contributed by atoms with van der Waals surface area (Å²) in [6.45, 7) is 6.25. The summed E-state index contributed by atoms with van der Waals surface area (Å²) >= 11 is 0. The van der Waals surface area contributed by atoms with Crippen LogP contribution in [0.5, 0.6) is 0 Å². The molecule has 0 saturated carbocycles. The van der Waals surface area contributed by atoms with Crippen LogP contribution in [0, 0.1) is 13.8 Å². The molecule has 2 aromatic heterocycles. The first-order valence-corrected chi connectivity index (χ1v) is 9.08. The van der Waals surface area contributed by atoms with Crippen LogP contribution in [0.3, 0.4) is 0 Å². The Morgan fingerprint density at radius 3 is 2.32 bits per heavy atom. The van der Waals surface area contributed by atoms with Gasteiger partial charge in [-0.1, -0.05) is 0 Å². The Balaban J connectivity index is 1.85. The number of nitrogens with zero attached hydrogens (tertiary/aromatic N) is 3. The summed E-state index contributed by atoms with van der Waals surface area (Å²) in [6, 6.07) is 9.03. The molecule has 1 aliphatic heterocycles. The van der Waals surface area contributed by atoms with Gasteiger partial charge in [-0.3, -0.25) is 4.98 Å². The molecule has 0 amide bonds. The molecule has 4 rings (SSSR count). The largest absolute Gasteiger partial charge is 0.416 e. The van der Waals surface area contributed by atoms with Gasteiger partial charge in [-0.25, -0.2) is 4.68 Å². The van der Waals surface area contributed by atoms with Gasteiger partial charge in [0.05, 0.1) is 35.3 Å². The molecule has 0 N–H and O–H groups in total. The van der Waals surface area contributed by atoms with Crippen LogP contribution in [-0.4, -0.2) is 20.9 Å². The highest BCUT2D eigenvalue weighted by molar-refractivity contribution is 5.66. The average molecular weight is 387 g/mol. The normalized spacial score (nSPS) is 16.9. The van der Waals surface area contributed by atoms with E-state index in [-0.39, 0.29) is 6.10 Å². The van der Waals surface area contributed by atoms with Gasteiger partial charge in [0.25, 0.3) is 0 Å². The molecule has 0 spiro atoms. The number of benzene rings is 1. The summed E-state index contributed by atoms with van der Waals surface area (Å²) in [5, 5.41) is 4.77. The molecule has 0 saturated heterocycles. The zero-order valence-electron chi connectivity index (χ0n) is 15.8. The highest BCUT2D eigenvalue weighted by atomic mass is 19.4. The van der Waals surface area contributed by atoms with Gasteiger partial charge in [0.2, 0.25) is 0 Å². The molecule has 1 unspecified atom stereocenters. The number of alkyl halides is 3. The van der Waals surface area contributed by atoms with E-state index in [2.05, 4.69) is 4.98 Å². The van der Waals surface area contributed by atoms with Crippen LogP contribution < -0.4 is 0 Å². The van der Waals surface area contributed by atoms with Gasteiger partial charge < -0.3 is 4.74 Å². The number of fused-ring (bicyclic) bond motifs is 1. The van der Waals surface area contributed by atoms with Crippen molar-refractivity contribution in [3.63, 3.8) is 0 Å². The molecule has 0 radical (unpaired) electrons. The fourth-order valence-corrected chi connectivity index (χ4v) is 3.61. The first kappa shape index (κ1) is 18.7. The molecular weight excluding hydrogens is 367 g/mol. The lowest BCUT2D eigenvalue weighted by Crippen LogP contribution is -2.21. The monoisotopic (exact) mass is 387 g/mol. The second-order valence-electron chi connectivity index (χ2n) is 7.19. The van der Waals surface area contributed by atoms with Crippen molar-refractivity contribution in [3.8, 4) is 16.9 Å². The van der Waals surface area contributed by atoms with Crippen LogP contribution in [0.25, 0.3) is 16.9 Å². The van der Waals surface area contributed by atoms with Crippen molar-refractivity contribution in [1.29, 1.82) is 0 Å². The average Bonchev–Trinajstić information content (AvgIpc) is 2.99. The summed E-state index contributed by atoms with van der Waals surface area (Å²) in [4.78, 5) is 4.41. The smallest absolute Gasteiger partial charge is 0.373 e. The Hall–Kier alpha value is -2.67. The van der Waals surface area contributed by atoms with Crippen molar-refractivity contribution in [2.45, 2.75) is 46.1 Å². The second-order valence-corrected chi connectivity index (χ2v) is 7.19. The fraction of sp³-hybridized carbons (Fsp3) is 0.333. The number of hydrogen-bond donors (Lipinski definition) is 0. The maximum absolute atomic E-state index is 12.9. The van der Waals surface area contributed by atoms with Gasteiger partial charge in [-0.15, -0.1) is 0 Å². The van der Waals surface area contributed by atoms with E-state index in [1.165, 1.54) is 12.1 Å². The summed E-state index contributed by atoms with van der Waals surface area (Å²) in [6.07, 6.45) is -3.69. The van der Waals surface area contributed by atoms with Gasteiger partial charge in [-0.2, -0.15) is 18.3 Å². The number of aryl methyl sites for hydroxylation is 2. The molecule has 0 fully saturated rings. The van der Waals surface area contributed by atoms with E-state index in [0.717, 1.165) is 46.0 Å². The van der Waals surface area contributed by atoms with Crippen molar-refractivity contribution in [3.05, 3.63) is 64.6 Å². The Kier molecular flexibility index (Phi) is 4.50. The van der Waals surface area contributed by atoms with E-state index >= 15 is 0 Å². The first-order chi connectivity index (χ1) is 13.2. The number of halogens is 3. The lowest BCUT2D eigenvalue weighted by atomic mass is 10.0. The summed E-state index contributed by atoms with van der Waals surface area (Å²) in [5.41, 5.74) is 5.38. The Labute approximate surface area is 161 Å². The fourth-order valence-electron chi connectivity index (χ4n) is 3.61. The van der Waals surface area contributed by atoms with Crippen molar-refractivity contribution in [2.24, 2.45) is 0 Å². The maximum Gasteiger partial charge on any atom is 0.416 e. The third-order valence-corrected chi connectivity index (χ3v) is 4.88. The molecule has 1 atom stereocenters. The molecule has 3 heterocycles. The van der Waals surface area contributed by atoms with E-state index < -0.39 is 11.7 Å². The van der Waals surface area contributed by atoms with Crippen LogP contribution in [0.4, 0.5) is 13.2 Å². The highest BCUT2D eigenvalue weighted by Crippen LogP contribution is 2.34. The number of hydrogen-bond acceptors (Lipinski definition) is 3. The molecule has 0 bridgehead atoms. The zero-order valence-corrected chi connectivity index (χ0v) is 15.8. The molecule has 3 aromatic rings. The number of rotatable bonds is 2. The first-order valence-electron chi connectivity index (χ1n) is 9.08. The van der Waals surface area contributed by atoms with Crippen molar-refractivity contribution in [1.82, 2.24) is 14.8 Å². The maximum atomic E-state index is 12.9. The second kappa shape index (κ2) is 6.74. The zero-order chi connectivity index (χ0) is 20.1. The topological polar surface area (TPSA) is 39.9 Å². The van der Waals surface area contributed by atoms with Crippen molar-refractivity contribution in [2.75, 3.05) is 0 Å². The Morgan fingerprint density at radius 1 is 1.07 bits per heavy atom. The van der Waals surface area contributed by atoms with E-state index in [1.807, 2.05) is 32.9 Å². The third kappa shape index (κ3) is 3.42. The molecule has 4 nitrogen and oxygen atoms in total. The van der Waals surface area contributed by atoms with Gasteiger partial charge in [0.1, 0.15) is 0 Å². The molecular formula is C21H20F3N3O. The minimum Gasteiger partial charge on any atom is -0.373 e. The lowest BCUT2D eigenvalue weighted by Gasteiger charge is -2.21. The molecule has 28 heavy (non-hydrogen) atoms. The van der Waals surface area contributed by atoms with Gasteiger partial charge in [-0.05, 0) is 57.2 Å². The van der Waals surface area contributed by atoms with Crippen LogP contribution in [0.2, 0.25) is 0 Å². The Morgan fingerprint density at radius 2 is 1.71 bits per heavy atom. The number of pyridine rings is 1. The van der Waals surface area contributed by atoms with Gasteiger partial charge in [0, 0.05) is 28.9 Å². The van der Waals surface area contributed by atoms with Crippen molar-refractivity contribution < 1.29 is 17.9 Å². The van der Waals surface area contributed by atoms with E-state index in [9.17, 15) is 13.2 Å². The summed E-state index contributed by atoms with van der Waals surface area (Å²) in [5.74, 6) is 0. The van der Waals surface area contributed by atoms with Gasteiger partial charge in [0.15, 0.2) is 0 Å². The van der Waals surface area contributed by atoms with Crippen LogP contribution in [0.1, 0.15) is 35.1 Å². The van der Waals surface area contributed by atoms with E-state index in [4.69, 9.17) is 9.84 Å². The standard InChI is InChI=1S/C21H20F3N3O/c1-12-8-15(9-13(2)25-12)20-18-11-28-14(3)10-19(18)27(26-20)17-6-4-16(5-7-17)21(22,23)24/h4-9,14H,10-11H2,1-3H3. The predicted molar refractivity (Wildman–Crippen MR) is 99.2 cm³/mol. The number of ether oxygens (including phenoxy) is 1. The highest BCUT2D eigenvalue weighted by Gasteiger charge is 2.31. The van der Waals surface area contributed by atoms with Crippen LogP contribution >= 0.6 is 0 Å². The lowest BCUT2D eigenvalue weighted by molar-refractivity contribution is -0.137. The minimum atomic E-state index is -4.36. The molecule has 1 aliphatic rings.